The van der Waals surface area contributed by atoms with E-state index in [4.69, 9.17) is 0 Å². The second-order valence-corrected chi connectivity index (χ2v) is 8.52. The number of carbonyl (C=O) groups excluding carboxylic acids is 1. The molecular weight excluding hydrogens is 364 g/mol. The van der Waals surface area contributed by atoms with E-state index in [9.17, 15) is 13.2 Å². The number of aromatic amines is 1. The second-order valence-electron chi connectivity index (χ2n) is 6.58. The molecular formula is C19H20N4O3S. The van der Waals surface area contributed by atoms with Gasteiger partial charge in [0, 0.05) is 24.3 Å². The van der Waals surface area contributed by atoms with Crippen LogP contribution in [0.2, 0.25) is 0 Å². The lowest BCUT2D eigenvalue weighted by atomic mass is 10.2. The molecule has 0 unspecified atom stereocenters. The lowest BCUT2D eigenvalue weighted by Crippen LogP contribution is -2.35. The Labute approximate surface area is 157 Å². The summed E-state index contributed by atoms with van der Waals surface area (Å²) in [5.41, 5.74) is 2.46. The predicted octanol–water partition coefficient (Wildman–Crippen LogP) is 2.99. The van der Waals surface area contributed by atoms with Crippen molar-refractivity contribution >= 4 is 32.7 Å². The van der Waals surface area contributed by atoms with Crippen molar-refractivity contribution in [2.75, 3.05) is 18.4 Å². The topological polar surface area (TPSA) is 95.2 Å². The smallest absolute Gasteiger partial charge is 0.255 e. The van der Waals surface area contributed by atoms with E-state index in [1.54, 1.807) is 42.7 Å². The fraction of sp³-hybridized carbons (Fsp3) is 0.263. The Bertz CT molecular complexity index is 1090. The van der Waals surface area contributed by atoms with Gasteiger partial charge in [0.2, 0.25) is 10.0 Å². The molecule has 1 aliphatic rings. The SMILES string of the molecule is O=C(Nc1cccc(S(=O)(=O)N2CCCCC2)c1)c1ccc2nc[nH]c2c1. The fourth-order valence-corrected chi connectivity index (χ4v) is 4.83. The third-order valence-corrected chi connectivity index (χ3v) is 6.62. The Morgan fingerprint density at radius 1 is 1.07 bits per heavy atom. The van der Waals surface area contributed by atoms with Crippen LogP contribution in [0.5, 0.6) is 0 Å². The predicted molar refractivity (Wildman–Crippen MR) is 103 cm³/mol. The first-order valence-corrected chi connectivity index (χ1v) is 10.3. The monoisotopic (exact) mass is 384 g/mol. The summed E-state index contributed by atoms with van der Waals surface area (Å²) >= 11 is 0. The zero-order valence-electron chi connectivity index (χ0n) is 14.7. The molecule has 1 aliphatic heterocycles. The normalized spacial score (nSPS) is 15.7. The van der Waals surface area contributed by atoms with E-state index in [2.05, 4.69) is 15.3 Å². The molecule has 1 amide bonds. The molecule has 0 spiro atoms. The van der Waals surface area contributed by atoms with Crippen LogP contribution in [-0.4, -0.2) is 41.7 Å². The Morgan fingerprint density at radius 2 is 1.89 bits per heavy atom. The summed E-state index contributed by atoms with van der Waals surface area (Å²) in [7, 11) is -3.54. The maximum atomic E-state index is 12.8. The van der Waals surface area contributed by atoms with Crippen molar-refractivity contribution in [3.63, 3.8) is 0 Å². The first-order valence-electron chi connectivity index (χ1n) is 8.89. The van der Waals surface area contributed by atoms with Crippen LogP contribution in [0.15, 0.2) is 53.7 Å². The number of hydrogen-bond donors (Lipinski definition) is 2. The molecule has 0 saturated carbocycles. The number of hydrogen-bond acceptors (Lipinski definition) is 4. The van der Waals surface area contributed by atoms with Gasteiger partial charge in [0.05, 0.1) is 22.3 Å². The highest BCUT2D eigenvalue weighted by molar-refractivity contribution is 7.89. The van der Waals surface area contributed by atoms with Crippen molar-refractivity contribution in [1.82, 2.24) is 14.3 Å². The van der Waals surface area contributed by atoms with Crippen molar-refractivity contribution in [2.45, 2.75) is 24.2 Å². The van der Waals surface area contributed by atoms with Gasteiger partial charge in [-0.2, -0.15) is 4.31 Å². The number of rotatable bonds is 4. The summed E-state index contributed by atoms with van der Waals surface area (Å²) in [6.07, 6.45) is 4.39. The number of fused-ring (bicyclic) bond motifs is 1. The molecule has 1 aromatic heterocycles. The highest BCUT2D eigenvalue weighted by Crippen LogP contribution is 2.23. The summed E-state index contributed by atoms with van der Waals surface area (Å²) in [4.78, 5) is 19.8. The number of H-pyrrole nitrogens is 1. The maximum Gasteiger partial charge on any atom is 0.255 e. The van der Waals surface area contributed by atoms with Gasteiger partial charge < -0.3 is 10.3 Å². The van der Waals surface area contributed by atoms with E-state index in [-0.39, 0.29) is 10.8 Å². The molecule has 2 heterocycles. The molecule has 140 valence electrons. The van der Waals surface area contributed by atoms with Crippen LogP contribution in [0.25, 0.3) is 11.0 Å². The number of sulfonamides is 1. The van der Waals surface area contributed by atoms with Crippen molar-refractivity contribution < 1.29 is 13.2 Å². The van der Waals surface area contributed by atoms with Gasteiger partial charge in [-0.15, -0.1) is 0 Å². The number of amides is 1. The number of carbonyl (C=O) groups is 1. The van der Waals surface area contributed by atoms with Crippen LogP contribution in [0.1, 0.15) is 29.6 Å². The molecule has 2 N–H and O–H groups in total. The molecule has 8 heteroatoms. The van der Waals surface area contributed by atoms with Crippen LogP contribution in [0, 0.1) is 0 Å². The van der Waals surface area contributed by atoms with Crippen molar-refractivity contribution in [2.24, 2.45) is 0 Å². The number of benzene rings is 2. The number of piperidine rings is 1. The molecule has 2 aromatic carbocycles. The van der Waals surface area contributed by atoms with Gasteiger partial charge in [-0.1, -0.05) is 12.5 Å². The highest BCUT2D eigenvalue weighted by atomic mass is 32.2. The molecule has 0 atom stereocenters. The summed E-state index contributed by atoms with van der Waals surface area (Å²) in [6.45, 7) is 1.09. The average Bonchev–Trinajstić information content (AvgIpc) is 3.16. The Balaban J connectivity index is 1.56. The van der Waals surface area contributed by atoms with Gasteiger partial charge in [0.15, 0.2) is 0 Å². The molecule has 1 saturated heterocycles. The quantitative estimate of drug-likeness (QED) is 0.723. The minimum atomic E-state index is -3.54. The first kappa shape index (κ1) is 17.7. The van der Waals surface area contributed by atoms with E-state index >= 15 is 0 Å². The van der Waals surface area contributed by atoms with Crippen LogP contribution < -0.4 is 5.32 Å². The number of imidazole rings is 1. The fourth-order valence-electron chi connectivity index (χ4n) is 3.27. The Hall–Kier alpha value is -2.71. The molecule has 1 fully saturated rings. The molecule has 27 heavy (non-hydrogen) atoms. The maximum absolute atomic E-state index is 12.8. The standard InChI is InChI=1S/C19H20N4O3S/c24-19(14-7-8-17-18(11-14)21-13-20-17)22-15-5-4-6-16(12-15)27(25,26)23-9-2-1-3-10-23/h4-8,11-13H,1-3,9-10H2,(H,20,21)(H,22,24). The van der Waals surface area contributed by atoms with Gasteiger partial charge in [-0.25, -0.2) is 13.4 Å². The number of nitrogens with zero attached hydrogens (tertiary/aromatic N) is 2. The minimum absolute atomic E-state index is 0.200. The molecule has 0 radical (unpaired) electrons. The number of nitrogens with one attached hydrogen (secondary N) is 2. The number of aromatic nitrogens is 2. The Kier molecular flexibility index (Phi) is 4.67. The van der Waals surface area contributed by atoms with E-state index < -0.39 is 10.0 Å². The van der Waals surface area contributed by atoms with E-state index in [0.717, 1.165) is 30.3 Å². The van der Waals surface area contributed by atoms with E-state index in [1.807, 2.05) is 0 Å². The van der Waals surface area contributed by atoms with Gasteiger partial charge in [0.1, 0.15) is 0 Å². The lowest BCUT2D eigenvalue weighted by Gasteiger charge is -2.26. The minimum Gasteiger partial charge on any atom is -0.345 e. The van der Waals surface area contributed by atoms with Crippen LogP contribution >= 0.6 is 0 Å². The Morgan fingerprint density at radius 3 is 2.70 bits per heavy atom. The van der Waals surface area contributed by atoms with Gasteiger partial charge >= 0.3 is 0 Å². The van der Waals surface area contributed by atoms with Gasteiger partial charge in [-0.3, -0.25) is 4.79 Å². The van der Waals surface area contributed by atoms with Gasteiger partial charge in [0.25, 0.3) is 5.91 Å². The van der Waals surface area contributed by atoms with Crippen LogP contribution in [0.3, 0.4) is 0 Å². The zero-order chi connectivity index (χ0) is 18.9. The molecule has 0 aliphatic carbocycles. The molecule has 7 nitrogen and oxygen atoms in total. The first-order chi connectivity index (χ1) is 13.0. The van der Waals surface area contributed by atoms with Crippen LogP contribution in [-0.2, 0) is 10.0 Å². The van der Waals surface area contributed by atoms with E-state index in [0.29, 0.717) is 24.3 Å². The molecule has 3 aromatic rings. The summed E-state index contributed by atoms with van der Waals surface area (Å²) in [5.74, 6) is -0.306. The molecule has 4 rings (SSSR count). The van der Waals surface area contributed by atoms with Crippen molar-refractivity contribution in [3.05, 3.63) is 54.4 Å². The van der Waals surface area contributed by atoms with Gasteiger partial charge in [-0.05, 0) is 49.2 Å². The second kappa shape index (κ2) is 7.13. The van der Waals surface area contributed by atoms with Crippen molar-refractivity contribution in [3.8, 4) is 0 Å². The largest absolute Gasteiger partial charge is 0.345 e. The highest BCUT2D eigenvalue weighted by Gasteiger charge is 2.26. The number of anilines is 1. The average molecular weight is 384 g/mol. The van der Waals surface area contributed by atoms with E-state index in [1.165, 1.54) is 10.4 Å². The third kappa shape index (κ3) is 3.58. The third-order valence-electron chi connectivity index (χ3n) is 4.73. The summed E-state index contributed by atoms with van der Waals surface area (Å²) in [6, 6.07) is 11.6. The van der Waals surface area contributed by atoms with Crippen LogP contribution in [0.4, 0.5) is 5.69 Å². The molecule has 0 bridgehead atoms. The lowest BCUT2D eigenvalue weighted by molar-refractivity contribution is 0.102. The zero-order valence-corrected chi connectivity index (χ0v) is 15.5. The summed E-state index contributed by atoms with van der Waals surface area (Å²) in [5, 5.41) is 2.77. The van der Waals surface area contributed by atoms with Crippen molar-refractivity contribution in [1.29, 1.82) is 0 Å². The summed E-state index contributed by atoms with van der Waals surface area (Å²) < 4.78 is 27.1.